The minimum atomic E-state index is 0.0627. The Morgan fingerprint density at radius 1 is 1.10 bits per heavy atom. The van der Waals surface area contributed by atoms with Crippen molar-refractivity contribution in [1.82, 2.24) is 5.32 Å². The Labute approximate surface area is 126 Å². The van der Waals surface area contributed by atoms with Gasteiger partial charge in [0.25, 0.3) is 0 Å². The van der Waals surface area contributed by atoms with Gasteiger partial charge in [0.05, 0.1) is 26.5 Å². The predicted molar refractivity (Wildman–Crippen MR) is 83.2 cm³/mol. The molecule has 4 heteroatoms. The Bertz CT molecular complexity index is 555. The summed E-state index contributed by atoms with van der Waals surface area (Å²) in [5.74, 6) is 2.57. The molecule has 2 rings (SSSR count). The highest BCUT2D eigenvalue weighted by atomic mass is 16.5. The van der Waals surface area contributed by atoms with Crippen LogP contribution in [-0.2, 0) is 6.42 Å². The number of hydrogen-bond acceptors (Lipinski definition) is 4. The van der Waals surface area contributed by atoms with Crippen LogP contribution in [0.1, 0.15) is 36.8 Å². The third-order valence-electron chi connectivity index (χ3n) is 3.53. The first-order valence-electron chi connectivity index (χ1n) is 7.26. The second-order valence-corrected chi connectivity index (χ2v) is 4.79. The molecule has 0 radical (unpaired) electrons. The number of hydrogen-bond donors (Lipinski definition) is 1. The van der Waals surface area contributed by atoms with E-state index in [1.165, 1.54) is 0 Å². The molecule has 1 unspecified atom stereocenters. The van der Waals surface area contributed by atoms with Crippen LogP contribution in [0.15, 0.2) is 34.9 Å². The fraction of sp³-hybridized carbons (Fsp3) is 0.412. The van der Waals surface area contributed by atoms with E-state index in [-0.39, 0.29) is 6.04 Å². The molecule has 1 atom stereocenters. The third-order valence-corrected chi connectivity index (χ3v) is 3.53. The Kier molecular flexibility index (Phi) is 5.28. The maximum atomic E-state index is 5.57. The standard InChI is InChI=1S/C17H23NO3/c1-5-16-15(7-8-21-16)17(18-6-2)12-9-13(19-3)11-14(10-12)20-4/h7-11,17-18H,5-6H2,1-4H3. The van der Waals surface area contributed by atoms with E-state index in [2.05, 4.69) is 19.2 Å². The summed E-state index contributed by atoms with van der Waals surface area (Å²) in [5, 5.41) is 3.51. The lowest BCUT2D eigenvalue weighted by molar-refractivity contribution is 0.392. The van der Waals surface area contributed by atoms with E-state index in [1.807, 2.05) is 24.3 Å². The van der Waals surface area contributed by atoms with Crippen molar-refractivity contribution in [3.63, 3.8) is 0 Å². The van der Waals surface area contributed by atoms with Crippen LogP contribution < -0.4 is 14.8 Å². The summed E-state index contributed by atoms with van der Waals surface area (Å²) in [6.07, 6.45) is 2.61. The van der Waals surface area contributed by atoms with Gasteiger partial charge in [-0.15, -0.1) is 0 Å². The lowest BCUT2D eigenvalue weighted by Gasteiger charge is -2.20. The van der Waals surface area contributed by atoms with Gasteiger partial charge >= 0.3 is 0 Å². The zero-order chi connectivity index (χ0) is 15.2. The van der Waals surface area contributed by atoms with Crippen molar-refractivity contribution in [2.45, 2.75) is 26.3 Å². The Morgan fingerprint density at radius 2 is 1.76 bits per heavy atom. The molecule has 0 spiro atoms. The van der Waals surface area contributed by atoms with Crippen LogP contribution in [0.5, 0.6) is 11.5 Å². The largest absolute Gasteiger partial charge is 0.497 e. The molecule has 2 aromatic rings. The highest BCUT2D eigenvalue weighted by molar-refractivity contribution is 5.43. The minimum Gasteiger partial charge on any atom is -0.497 e. The van der Waals surface area contributed by atoms with E-state index in [9.17, 15) is 0 Å². The topological polar surface area (TPSA) is 43.6 Å². The van der Waals surface area contributed by atoms with E-state index >= 15 is 0 Å². The van der Waals surface area contributed by atoms with Crippen LogP contribution in [0.2, 0.25) is 0 Å². The zero-order valence-electron chi connectivity index (χ0n) is 13.1. The molecule has 0 amide bonds. The van der Waals surface area contributed by atoms with Gasteiger partial charge in [-0.3, -0.25) is 0 Å². The number of benzene rings is 1. The van der Waals surface area contributed by atoms with Crippen LogP contribution >= 0.6 is 0 Å². The van der Waals surface area contributed by atoms with Gasteiger partial charge in [0.1, 0.15) is 17.3 Å². The van der Waals surface area contributed by atoms with Gasteiger partial charge in [-0.05, 0) is 30.3 Å². The first kappa shape index (κ1) is 15.4. The SMILES string of the molecule is CCNC(c1cc(OC)cc(OC)c1)c1ccoc1CC. The summed E-state index contributed by atoms with van der Waals surface area (Å²) in [6.45, 7) is 5.05. The lowest BCUT2D eigenvalue weighted by atomic mass is 9.97. The number of rotatable bonds is 7. The molecule has 0 aliphatic heterocycles. The Morgan fingerprint density at radius 3 is 2.29 bits per heavy atom. The number of furan rings is 1. The van der Waals surface area contributed by atoms with Crippen LogP contribution in [0, 0.1) is 0 Å². The van der Waals surface area contributed by atoms with Crippen LogP contribution in [-0.4, -0.2) is 20.8 Å². The molecule has 0 bridgehead atoms. The van der Waals surface area contributed by atoms with E-state index in [1.54, 1.807) is 20.5 Å². The highest BCUT2D eigenvalue weighted by Crippen LogP contribution is 2.32. The predicted octanol–water partition coefficient (Wildman–Crippen LogP) is 3.56. The van der Waals surface area contributed by atoms with Crippen LogP contribution in [0.4, 0.5) is 0 Å². The molecule has 0 saturated heterocycles. The van der Waals surface area contributed by atoms with Crippen molar-refractivity contribution >= 4 is 0 Å². The van der Waals surface area contributed by atoms with Crippen molar-refractivity contribution in [2.75, 3.05) is 20.8 Å². The zero-order valence-corrected chi connectivity index (χ0v) is 13.1. The average Bonchev–Trinajstić information content (AvgIpc) is 3.00. The van der Waals surface area contributed by atoms with Gasteiger partial charge in [-0.1, -0.05) is 13.8 Å². The van der Waals surface area contributed by atoms with Gasteiger partial charge in [0.2, 0.25) is 0 Å². The van der Waals surface area contributed by atoms with E-state index < -0.39 is 0 Å². The van der Waals surface area contributed by atoms with Crippen LogP contribution in [0.3, 0.4) is 0 Å². The van der Waals surface area contributed by atoms with Crippen molar-refractivity contribution < 1.29 is 13.9 Å². The molecule has 1 aromatic heterocycles. The summed E-state index contributed by atoms with van der Waals surface area (Å²) < 4.78 is 16.3. The van der Waals surface area contributed by atoms with Gasteiger partial charge < -0.3 is 19.2 Å². The van der Waals surface area contributed by atoms with Gasteiger partial charge in [-0.2, -0.15) is 0 Å². The third kappa shape index (κ3) is 3.39. The monoisotopic (exact) mass is 289 g/mol. The van der Waals surface area contributed by atoms with Crippen molar-refractivity contribution in [1.29, 1.82) is 0 Å². The summed E-state index contributed by atoms with van der Waals surface area (Å²) in [6, 6.07) is 8.03. The quantitative estimate of drug-likeness (QED) is 0.846. The maximum Gasteiger partial charge on any atom is 0.122 e. The molecule has 114 valence electrons. The number of nitrogens with one attached hydrogen (secondary N) is 1. The van der Waals surface area contributed by atoms with E-state index in [0.717, 1.165) is 41.4 Å². The van der Waals surface area contributed by atoms with Crippen molar-refractivity contribution in [3.05, 3.63) is 47.4 Å². The average molecular weight is 289 g/mol. The van der Waals surface area contributed by atoms with E-state index in [4.69, 9.17) is 13.9 Å². The fourth-order valence-corrected chi connectivity index (χ4v) is 2.50. The minimum absolute atomic E-state index is 0.0627. The molecule has 4 nitrogen and oxygen atoms in total. The van der Waals surface area contributed by atoms with Gasteiger partial charge in [0, 0.05) is 18.1 Å². The summed E-state index contributed by atoms with van der Waals surface area (Å²) in [7, 11) is 3.33. The molecule has 0 saturated carbocycles. The first-order valence-corrected chi connectivity index (χ1v) is 7.26. The summed E-state index contributed by atoms with van der Waals surface area (Å²) >= 11 is 0. The molecule has 1 N–H and O–H groups in total. The van der Waals surface area contributed by atoms with Crippen LogP contribution in [0.25, 0.3) is 0 Å². The number of ether oxygens (including phenoxy) is 2. The van der Waals surface area contributed by atoms with E-state index in [0.29, 0.717) is 0 Å². The van der Waals surface area contributed by atoms with Crippen molar-refractivity contribution in [3.8, 4) is 11.5 Å². The normalized spacial score (nSPS) is 12.2. The fourth-order valence-electron chi connectivity index (χ4n) is 2.50. The first-order chi connectivity index (χ1) is 10.2. The molecule has 0 aliphatic rings. The Balaban J connectivity index is 2.47. The molecule has 1 aromatic carbocycles. The molecule has 0 fully saturated rings. The second-order valence-electron chi connectivity index (χ2n) is 4.79. The second kappa shape index (κ2) is 7.18. The molecular formula is C17H23NO3. The summed E-state index contributed by atoms with van der Waals surface area (Å²) in [5.41, 5.74) is 2.26. The Hall–Kier alpha value is -1.94. The smallest absolute Gasteiger partial charge is 0.122 e. The molecule has 0 aliphatic carbocycles. The molecular weight excluding hydrogens is 266 g/mol. The van der Waals surface area contributed by atoms with Crippen molar-refractivity contribution in [2.24, 2.45) is 0 Å². The maximum absolute atomic E-state index is 5.57. The van der Waals surface area contributed by atoms with Gasteiger partial charge in [0.15, 0.2) is 0 Å². The van der Waals surface area contributed by atoms with Gasteiger partial charge in [-0.25, -0.2) is 0 Å². The number of aryl methyl sites for hydroxylation is 1. The molecule has 21 heavy (non-hydrogen) atoms. The number of methoxy groups -OCH3 is 2. The lowest BCUT2D eigenvalue weighted by Crippen LogP contribution is -2.22. The summed E-state index contributed by atoms with van der Waals surface area (Å²) in [4.78, 5) is 0. The molecule has 1 heterocycles. The highest BCUT2D eigenvalue weighted by Gasteiger charge is 2.19.